The second kappa shape index (κ2) is 56.7. The number of carbonyl (C=O) groups is 3. The van der Waals surface area contributed by atoms with Crippen LogP contribution >= 0.6 is 0 Å². The minimum Gasteiger partial charge on any atom is -0.462 e. The molecule has 0 aromatic heterocycles. The van der Waals surface area contributed by atoms with Gasteiger partial charge in [0.15, 0.2) is 6.10 Å². The Labute approximate surface area is 421 Å². The number of unbranched alkanes of at least 4 members (excludes halogenated alkanes) is 34. The van der Waals surface area contributed by atoms with Crippen LogP contribution in [0.15, 0.2) is 60.8 Å². The lowest BCUT2D eigenvalue weighted by atomic mass is 10.0. The van der Waals surface area contributed by atoms with Crippen molar-refractivity contribution in [2.45, 2.75) is 303 Å². The third kappa shape index (κ3) is 54.1. The molecule has 0 radical (unpaired) electrons. The highest BCUT2D eigenvalue weighted by atomic mass is 16.6. The van der Waals surface area contributed by atoms with Gasteiger partial charge in [-0.2, -0.15) is 0 Å². The van der Waals surface area contributed by atoms with Crippen LogP contribution in [-0.4, -0.2) is 37.2 Å². The van der Waals surface area contributed by atoms with Crippen LogP contribution in [0.5, 0.6) is 0 Å². The number of hydrogen-bond donors (Lipinski definition) is 0. The van der Waals surface area contributed by atoms with E-state index < -0.39 is 6.10 Å². The topological polar surface area (TPSA) is 78.9 Å². The van der Waals surface area contributed by atoms with Gasteiger partial charge in [-0.1, -0.05) is 274 Å². The number of rotatable bonds is 53. The minimum absolute atomic E-state index is 0.0971. The van der Waals surface area contributed by atoms with E-state index in [4.69, 9.17) is 14.2 Å². The van der Waals surface area contributed by atoms with Gasteiger partial charge >= 0.3 is 17.9 Å². The smallest absolute Gasteiger partial charge is 0.306 e. The average Bonchev–Trinajstić information content (AvgIpc) is 3.34. The Kier molecular flexibility index (Phi) is 54.3. The van der Waals surface area contributed by atoms with E-state index in [1.54, 1.807) is 0 Å². The van der Waals surface area contributed by atoms with Gasteiger partial charge in [-0.3, -0.25) is 14.4 Å². The summed E-state index contributed by atoms with van der Waals surface area (Å²) in [5.74, 6) is -0.976. The van der Waals surface area contributed by atoms with Crippen molar-refractivity contribution < 1.29 is 28.6 Å². The average molecular weight is 952 g/mol. The fourth-order valence-electron chi connectivity index (χ4n) is 8.38. The third-order valence-corrected chi connectivity index (χ3v) is 12.8. The van der Waals surface area contributed by atoms with E-state index in [0.29, 0.717) is 19.3 Å². The van der Waals surface area contributed by atoms with E-state index in [0.717, 1.165) is 77.0 Å². The van der Waals surface area contributed by atoms with E-state index in [9.17, 15) is 14.4 Å². The predicted molar refractivity (Wildman–Crippen MR) is 293 cm³/mol. The molecule has 394 valence electrons. The zero-order chi connectivity index (χ0) is 49.3. The second-order valence-corrected chi connectivity index (χ2v) is 19.6. The largest absolute Gasteiger partial charge is 0.462 e. The van der Waals surface area contributed by atoms with Gasteiger partial charge in [-0.05, 0) is 64.2 Å². The molecule has 0 rings (SSSR count). The first-order valence-corrected chi connectivity index (χ1v) is 29.3. The molecule has 68 heavy (non-hydrogen) atoms. The molecule has 0 aromatic carbocycles. The third-order valence-electron chi connectivity index (χ3n) is 12.8. The van der Waals surface area contributed by atoms with Crippen LogP contribution in [0.1, 0.15) is 297 Å². The summed E-state index contributed by atoms with van der Waals surface area (Å²) >= 11 is 0. The number of carbonyl (C=O) groups excluding carboxylic acids is 3. The van der Waals surface area contributed by atoms with Crippen molar-refractivity contribution in [2.24, 2.45) is 0 Å². The first-order chi connectivity index (χ1) is 33.5. The Balaban J connectivity index is 4.42. The monoisotopic (exact) mass is 951 g/mol. The van der Waals surface area contributed by atoms with Gasteiger partial charge < -0.3 is 14.2 Å². The molecule has 1 atom stereocenters. The summed E-state index contributed by atoms with van der Waals surface area (Å²) in [7, 11) is 0. The van der Waals surface area contributed by atoms with Crippen LogP contribution in [0.3, 0.4) is 0 Å². The standard InChI is InChI=1S/C62H110O6/c1-4-7-10-13-16-19-22-25-27-29-31-33-34-37-40-43-46-49-52-55-61(64)67-58-59(57-66-60(63)54-51-48-45-42-39-36-24-21-18-15-12-9-6-3)68-62(65)56-53-50-47-44-41-38-35-32-30-28-26-23-20-17-14-11-8-5-2/h23,26,28,30,32,35-36,39,45,48,59H,4-22,24-25,27,29,31,33-34,37-38,40-44,46-47,49-58H2,1-3H3/b26-23+,30-28+,35-32+,39-36+,48-45+. The zero-order valence-electron chi connectivity index (χ0n) is 45.1. The van der Waals surface area contributed by atoms with Crippen molar-refractivity contribution in [3.05, 3.63) is 60.8 Å². The van der Waals surface area contributed by atoms with Gasteiger partial charge in [0.1, 0.15) is 13.2 Å². The highest BCUT2D eigenvalue weighted by molar-refractivity contribution is 5.71. The van der Waals surface area contributed by atoms with Crippen molar-refractivity contribution in [3.8, 4) is 0 Å². The van der Waals surface area contributed by atoms with E-state index in [1.807, 2.05) is 6.08 Å². The summed E-state index contributed by atoms with van der Waals surface area (Å²) in [6.07, 6.45) is 70.8. The Morgan fingerprint density at radius 1 is 0.309 bits per heavy atom. The molecule has 0 saturated carbocycles. The van der Waals surface area contributed by atoms with E-state index in [-0.39, 0.29) is 37.5 Å². The summed E-state index contributed by atoms with van der Waals surface area (Å²) in [6, 6.07) is 0. The minimum atomic E-state index is -0.806. The fraction of sp³-hybridized carbons (Fsp3) is 0.790. The van der Waals surface area contributed by atoms with Crippen LogP contribution in [-0.2, 0) is 28.6 Å². The Morgan fingerprint density at radius 3 is 1.01 bits per heavy atom. The molecule has 6 nitrogen and oxygen atoms in total. The lowest BCUT2D eigenvalue weighted by molar-refractivity contribution is -0.166. The lowest BCUT2D eigenvalue weighted by Gasteiger charge is -2.18. The van der Waals surface area contributed by atoms with Crippen molar-refractivity contribution in [1.82, 2.24) is 0 Å². The van der Waals surface area contributed by atoms with Gasteiger partial charge in [0.2, 0.25) is 0 Å². The summed E-state index contributed by atoms with van der Waals surface area (Å²) in [6.45, 7) is 6.58. The Hall–Kier alpha value is -2.89. The molecule has 0 aromatic rings. The number of hydrogen-bond acceptors (Lipinski definition) is 6. The summed E-state index contributed by atoms with van der Waals surface area (Å²) in [4.78, 5) is 38.1. The lowest BCUT2D eigenvalue weighted by Crippen LogP contribution is -2.30. The van der Waals surface area contributed by atoms with Crippen molar-refractivity contribution in [1.29, 1.82) is 0 Å². The maximum atomic E-state index is 12.8. The number of esters is 3. The highest BCUT2D eigenvalue weighted by Gasteiger charge is 2.19. The van der Waals surface area contributed by atoms with E-state index in [1.165, 1.54) is 173 Å². The summed E-state index contributed by atoms with van der Waals surface area (Å²) in [5, 5.41) is 0. The Morgan fingerprint density at radius 2 is 0.618 bits per heavy atom. The van der Waals surface area contributed by atoms with Crippen molar-refractivity contribution in [2.75, 3.05) is 13.2 Å². The highest BCUT2D eigenvalue weighted by Crippen LogP contribution is 2.16. The van der Waals surface area contributed by atoms with Gasteiger partial charge in [-0.15, -0.1) is 0 Å². The quantitative estimate of drug-likeness (QED) is 0.0199. The molecule has 0 aliphatic heterocycles. The van der Waals surface area contributed by atoms with Crippen LogP contribution in [0.4, 0.5) is 0 Å². The molecule has 0 aliphatic rings. The molecule has 1 unspecified atom stereocenters. The first-order valence-electron chi connectivity index (χ1n) is 29.3. The maximum absolute atomic E-state index is 12.8. The fourth-order valence-corrected chi connectivity index (χ4v) is 8.38. The summed E-state index contributed by atoms with van der Waals surface area (Å²) in [5.41, 5.74) is 0. The summed E-state index contributed by atoms with van der Waals surface area (Å²) < 4.78 is 16.8. The predicted octanol–water partition coefficient (Wildman–Crippen LogP) is 19.6. The number of allylic oxidation sites excluding steroid dienone is 10. The van der Waals surface area contributed by atoms with Gasteiger partial charge in [0.25, 0.3) is 0 Å². The number of ether oxygens (including phenoxy) is 3. The van der Waals surface area contributed by atoms with Gasteiger partial charge in [-0.25, -0.2) is 0 Å². The van der Waals surface area contributed by atoms with Crippen LogP contribution in [0.25, 0.3) is 0 Å². The molecule has 0 amide bonds. The molecule has 0 saturated heterocycles. The molecular weight excluding hydrogens is 841 g/mol. The van der Waals surface area contributed by atoms with Crippen LogP contribution < -0.4 is 0 Å². The molecule has 0 bridgehead atoms. The van der Waals surface area contributed by atoms with E-state index >= 15 is 0 Å². The molecule has 0 N–H and O–H groups in total. The molecule has 0 fully saturated rings. The van der Waals surface area contributed by atoms with E-state index in [2.05, 4.69) is 75.5 Å². The molecule has 0 spiro atoms. The van der Waals surface area contributed by atoms with Crippen LogP contribution in [0, 0.1) is 0 Å². The molecule has 6 heteroatoms. The first kappa shape index (κ1) is 65.1. The zero-order valence-corrected chi connectivity index (χ0v) is 45.1. The van der Waals surface area contributed by atoms with Gasteiger partial charge in [0.05, 0.1) is 0 Å². The second-order valence-electron chi connectivity index (χ2n) is 19.6. The van der Waals surface area contributed by atoms with Crippen molar-refractivity contribution in [3.63, 3.8) is 0 Å². The normalized spacial score (nSPS) is 12.5. The molecule has 0 aliphatic carbocycles. The molecule has 0 heterocycles. The maximum Gasteiger partial charge on any atom is 0.306 e. The van der Waals surface area contributed by atoms with Crippen LogP contribution in [0.2, 0.25) is 0 Å². The Bertz CT molecular complexity index is 1230. The van der Waals surface area contributed by atoms with Crippen molar-refractivity contribution >= 4 is 17.9 Å². The SMILES string of the molecule is CCCCCCC/C=C/C=C/C=C/CCCCCCCC(=O)OC(COC(=O)CC/C=C/C/C=C/CCCCCCCC)COC(=O)CCCCCCCCCCCCCCCCCCCCC. The molecular formula is C62H110O6. The van der Waals surface area contributed by atoms with Gasteiger partial charge in [0, 0.05) is 19.3 Å².